The van der Waals surface area contributed by atoms with E-state index in [1.807, 2.05) is 39.8 Å². The molecule has 9 heteroatoms. The van der Waals surface area contributed by atoms with Crippen molar-refractivity contribution in [1.29, 1.82) is 0 Å². The number of aliphatic hydroxyl groups is 3. The summed E-state index contributed by atoms with van der Waals surface area (Å²) in [6.07, 6.45) is 28.0. The third-order valence-corrected chi connectivity index (χ3v) is 11.5. The first-order valence-corrected chi connectivity index (χ1v) is 21.7. The van der Waals surface area contributed by atoms with Gasteiger partial charge in [0.2, 0.25) is 0 Å². The lowest BCUT2D eigenvalue weighted by Gasteiger charge is -2.22. The number of carboxylic acid groups (broad SMARTS) is 1. The molecule has 0 aromatic rings. The van der Waals surface area contributed by atoms with Crippen LogP contribution in [0.4, 0.5) is 0 Å². The van der Waals surface area contributed by atoms with Gasteiger partial charge in [-0.3, -0.25) is 24.0 Å². The third kappa shape index (κ3) is 16.0. The maximum absolute atomic E-state index is 12.6. The molecule has 61 heavy (non-hydrogen) atoms. The minimum atomic E-state index is -0.833. The molecule has 0 spiro atoms. The van der Waals surface area contributed by atoms with E-state index < -0.39 is 17.5 Å². The normalized spacial score (nSPS) is 17.9. The quantitative estimate of drug-likeness (QED) is 0.0831. The zero-order valence-electron chi connectivity index (χ0n) is 38.0. The van der Waals surface area contributed by atoms with E-state index in [4.69, 9.17) is 0 Å². The first kappa shape index (κ1) is 50.8. The predicted molar refractivity (Wildman–Crippen MR) is 242 cm³/mol. The molecule has 9 nitrogen and oxygen atoms in total. The average Bonchev–Trinajstić information content (AvgIpc) is 3.92. The molecule has 0 aliphatic heterocycles. The van der Waals surface area contributed by atoms with Crippen LogP contribution in [0.5, 0.6) is 0 Å². The van der Waals surface area contributed by atoms with Gasteiger partial charge in [-0.2, -0.15) is 0 Å². The molecule has 332 valence electrons. The van der Waals surface area contributed by atoms with Gasteiger partial charge in [0.15, 0.2) is 23.1 Å². The number of carbonyl (C=O) groups excluding carboxylic acids is 4. The summed E-state index contributed by atoms with van der Waals surface area (Å²) >= 11 is 0. The van der Waals surface area contributed by atoms with Crippen LogP contribution >= 0.6 is 0 Å². The Morgan fingerprint density at radius 3 is 1.15 bits per heavy atom. The van der Waals surface area contributed by atoms with Gasteiger partial charge >= 0.3 is 5.97 Å². The monoisotopic (exact) mass is 839 g/mol. The fraction of sp³-hybridized carbons (Fsp3) is 0.519. The average molecular weight is 839 g/mol. The number of carbonyl (C=O) groups is 5. The molecule has 4 N–H and O–H groups in total. The van der Waals surface area contributed by atoms with Crippen molar-refractivity contribution in [2.45, 2.75) is 139 Å². The van der Waals surface area contributed by atoms with Gasteiger partial charge in [-0.15, -0.1) is 0 Å². The smallest absolute Gasteiger partial charge is 0.309 e. The second kappa shape index (κ2) is 22.0. The van der Waals surface area contributed by atoms with E-state index in [-0.39, 0.29) is 52.6 Å². The Morgan fingerprint density at radius 1 is 0.525 bits per heavy atom. The van der Waals surface area contributed by atoms with Crippen LogP contribution in [-0.4, -0.2) is 68.8 Å². The summed E-state index contributed by atoms with van der Waals surface area (Å²) in [6.45, 7) is 17.9. The number of Topliss-reactive ketones (excluding diaryl/α,β-unsaturated/α-hetero) is 4. The zero-order valence-corrected chi connectivity index (χ0v) is 38.0. The molecule has 4 aliphatic rings. The van der Waals surface area contributed by atoms with Gasteiger partial charge in [-0.1, -0.05) is 121 Å². The molecule has 1 atom stereocenters. The number of aliphatic hydroxyl groups excluding tert-OH is 3. The Kier molecular flexibility index (Phi) is 18.3. The van der Waals surface area contributed by atoms with Gasteiger partial charge in [0.05, 0.1) is 11.5 Å². The second-order valence-electron chi connectivity index (χ2n) is 20.3. The molecule has 4 aliphatic carbocycles. The van der Waals surface area contributed by atoms with Crippen molar-refractivity contribution < 1.29 is 44.4 Å². The van der Waals surface area contributed by atoms with Gasteiger partial charge in [0, 0.05) is 64.2 Å². The van der Waals surface area contributed by atoms with Gasteiger partial charge in [-0.05, 0) is 94.3 Å². The van der Waals surface area contributed by atoms with Gasteiger partial charge in [-0.25, -0.2) is 0 Å². The van der Waals surface area contributed by atoms with Crippen LogP contribution in [0.1, 0.15) is 133 Å². The van der Waals surface area contributed by atoms with Crippen LogP contribution in [-0.2, 0) is 24.0 Å². The fourth-order valence-electron chi connectivity index (χ4n) is 7.28. The molecule has 4 rings (SSSR count). The van der Waals surface area contributed by atoms with Crippen molar-refractivity contribution in [1.82, 2.24) is 0 Å². The number of aliphatic carboxylic acids is 1. The molecule has 0 aromatic carbocycles. The molecule has 0 amide bonds. The number of hydrogen-bond acceptors (Lipinski definition) is 8. The van der Waals surface area contributed by atoms with Crippen molar-refractivity contribution in [3.8, 4) is 0 Å². The summed E-state index contributed by atoms with van der Waals surface area (Å²) in [5, 5.41) is 38.1. The van der Waals surface area contributed by atoms with Crippen molar-refractivity contribution in [3.63, 3.8) is 0 Å². The molecule has 0 radical (unpaired) electrons. The number of carboxylic acids is 1. The lowest BCUT2D eigenvalue weighted by molar-refractivity contribution is -0.147. The number of ketones is 4. The number of hydrogen-bond donors (Lipinski definition) is 4. The van der Waals surface area contributed by atoms with E-state index in [0.29, 0.717) is 78.4 Å². The molecular formula is C52H70O9. The van der Waals surface area contributed by atoms with E-state index in [9.17, 15) is 44.4 Å². The van der Waals surface area contributed by atoms with Crippen LogP contribution in [0.15, 0.2) is 117 Å². The lowest BCUT2D eigenvalue weighted by atomic mass is 9.86. The van der Waals surface area contributed by atoms with Crippen molar-refractivity contribution >= 4 is 29.1 Å². The Bertz CT molecular complexity index is 2000. The highest BCUT2D eigenvalue weighted by atomic mass is 16.4. The Morgan fingerprint density at radius 2 is 0.836 bits per heavy atom. The SMILES string of the molecule is CC(C)(C)CC(O)CC1=CC=C(C=CC2=CC=C(CCCC(C)(C)CO)C2=O)C1=O.CC(C)(CO)CCCC1=CC=C(C=CC2=CC=C(CCCC(C)(C)C(=O)O)C2=O)C1=O. The molecule has 0 aromatic heterocycles. The molecule has 1 unspecified atom stereocenters. The molecule has 0 fully saturated rings. The number of allylic oxidation sites excluding steroid dienone is 19. The maximum Gasteiger partial charge on any atom is 0.309 e. The minimum Gasteiger partial charge on any atom is -0.481 e. The van der Waals surface area contributed by atoms with E-state index in [2.05, 4.69) is 20.8 Å². The van der Waals surface area contributed by atoms with Gasteiger partial charge in [0.1, 0.15) is 0 Å². The predicted octanol–water partition coefficient (Wildman–Crippen LogP) is 9.67. The highest BCUT2D eigenvalue weighted by Gasteiger charge is 2.28. The highest BCUT2D eigenvalue weighted by Crippen LogP contribution is 2.31. The molecule has 0 heterocycles. The first-order chi connectivity index (χ1) is 28.4. The van der Waals surface area contributed by atoms with Crippen LogP contribution in [0.3, 0.4) is 0 Å². The molecule has 0 saturated carbocycles. The van der Waals surface area contributed by atoms with Crippen molar-refractivity contribution in [3.05, 3.63) is 117 Å². The Labute approximate surface area is 363 Å². The molecule has 0 bridgehead atoms. The largest absolute Gasteiger partial charge is 0.481 e. The van der Waals surface area contributed by atoms with E-state index in [1.54, 1.807) is 74.6 Å². The second-order valence-corrected chi connectivity index (χ2v) is 20.3. The summed E-state index contributed by atoms with van der Waals surface area (Å²) < 4.78 is 0. The first-order valence-electron chi connectivity index (χ1n) is 21.7. The molecule has 0 saturated heterocycles. The third-order valence-electron chi connectivity index (χ3n) is 11.5. The van der Waals surface area contributed by atoms with Crippen LogP contribution in [0.25, 0.3) is 0 Å². The molecular weight excluding hydrogens is 769 g/mol. The van der Waals surface area contributed by atoms with Crippen LogP contribution < -0.4 is 0 Å². The fourth-order valence-corrected chi connectivity index (χ4v) is 7.28. The summed E-state index contributed by atoms with van der Waals surface area (Å²) in [6, 6.07) is 0. The van der Waals surface area contributed by atoms with Crippen LogP contribution in [0.2, 0.25) is 0 Å². The van der Waals surface area contributed by atoms with Crippen LogP contribution in [0, 0.1) is 21.7 Å². The van der Waals surface area contributed by atoms with E-state index in [0.717, 1.165) is 36.8 Å². The van der Waals surface area contributed by atoms with Gasteiger partial charge in [0.25, 0.3) is 0 Å². The minimum absolute atomic E-state index is 0.00561. The maximum atomic E-state index is 12.6. The standard InChI is InChI=1S/C26H34O5.C26H36O4/c1-25(2,17-27)15-5-7-18-9-11-20(22(18)28)13-14-21-12-10-19(23(21)29)8-6-16-26(3,4)24(30)31;1-25(2,3)16-22(28)15-21-13-12-20(24(21)30)11-10-19-9-8-18(23(19)29)7-6-14-26(4,5)17-27/h9-14,27H,5-8,15-17H2,1-4H3,(H,30,31);8-13,22,27-28H,6-7,14-17H2,1-5H3. The summed E-state index contributed by atoms with van der Waals surface area (Å²) in [5.74, 6) is -0.971. The lowest BCUT2D eigenvalue weighted by Crippen LogP contribution is -2.23. The van der Waals surface area contributed by atoms with Crippen molar-refractivity contribution in [2.75, 3.05) is 13.2 Å². The van der Waals surface area contributed by atoms with E-state index in [1.165, 1.54) is 0 Å². The van der Waals surface area contributed by atoms with Crippen molar-refractivity contribution in [2.24, 2.45) is 21.7 Å². The van der Waals surface area contributed by atoms with E-state index >= 15 is 0 Å². The Hall–Kier alpha value is -4.57. The highest BCUT2D eigenvalue weighted by molar-refractivity contribution is 6.16. The summed E-state index contributed by atoms with van der Waals surface area (Å²) in [5.41, 5.74) is 4.01. The Balaban J connectivity index is 0.000000325. The summed E-state index contributed by atoms with van der Waals surface area (Å²) in [4.78, 5) is 61.5. The number of rotatable bonds is 22. The summed E-state index contributed by atoms with van der Waals surface area (Å²) in [7, 11) is 0. The zero-order chi connectivity index (χ0) is 45.8. The topological polar surface area (TPSA) is 166 Å². The van der Waals surface area contributed by atoms with Gasteiger partial charge < -0.3 is 20.4 Å².